The SMILES string of the molecule is C/C=C/C(=O)N(C)CC1CCCCN1. The Balaban J connectivity index is 2.31. The second-order valence-electron chi connectivity index (χ2n) is 3.87. The molecular formula is C11H20N2O. The second-order valence-corrected chi connectivity index (χ2v) is 3.87. The highest BCUT2D eigenvalue weighted by atomic mass is 16.2. The third-order valence-electron chi connectivity index (χ3n) is 2.59. The molecule has 3 heteroatoms. The fourth-order valence-electron chi connectivity index (χ4n) is 1.77. The lowest BCUT2D eigenvalue weighted by Crippen LogP contribution is -2.43. The van der Waals surface area contributed by atoms with Crippen molar-refractivity contribution in [1.29, 1.82) is 0 Å². The molecule has 1 amide bonds. The van der Waals surface area contributed by atoms with E-state index in [9.17, 15) is 4.79 Å². The molecule has 0 saturated carbocycles. The molecule has 0 bridgehead atoms. The van der Waals surface area contributed by atoms with Gasteiger partial charge in [-0.2, -0.15) is 0 Å². The highest BCUT2D eigenvalue weighted by molar-refractivity contribution is 5.87. The van der Waals surface area contributed by atoms with Gasteiger partial charge in [-0.1, -0.05) is 12.5 Å². The molecule has 0 aromatic carbocycles. The maximum Gasteiger partial charge on any atom is 0.246 e. The van der Waals surface area contributed by atoms with Gasteiger partial charge in [-0.05, 0) is 32.4 Å². The molecule has 1 atom stereocenters. The summed E-state index contributed by atoms with van der Waals surface area (Å²) in [6.07, 6.45) is 7.13. The van der Waals surface area contributed by atoms with E-state index in [1.165, 1.54) is 19.3 Å². The van der Waals surface area contributed by atoms with Crippen LogP contribution < -0.4 is 5.32 Å². The zero-order valence-corrected chi connectivity index (χ0v) is 9.12. The molecule has 0 radical (unpaired) electrons. The smallest absolute Gasteiger partial charge is 0.246 e. The number of carbonyl (C=O) groups excluding carboxylic acids is 1. The summed E-state index contributed by atoms with van der Waals surface area (Å²) in [5.41, 5.74) is 0. The van der Waals surface area contributed by atoms with Crippen molar-refractivity contribution in [2.75, 3.05) is 20.1 Å². The molecule has 0 aliphatic carbocycles. The van der Waals surface area contributed by atoms with E-state index in [0.29, 0.717) is 6.04 Å². The van der Waals surface area contributed by atoms with E-state index in [-0.39, 0.29) is 5.91 Å². The van der Waals surface area contributed by atoms with Gasteiger partial charge in [0, 0.05) is 19.6 Å². The summed E-state index contributed by atoms with van der Waals surface area (Å²) in [6, 6.07) is 0.489. The van der Waals surface area contributed by atoms with Gasteiger partial charge in [0.05, 0.1) is 0 Å². The minimum absolute atomic E-state index is 0.0971. The number of carbonyl (C=O) groups is 1. The van der Waals surface area contributed by atoms with Crippen molar-refractivity contribution in [3.8, 4) is 0 Å². The van der Waals surface area contributed by atoms with Crippen LogP contribution in [0, 0.1) is 0 Å². The first-order valence-electron chi connectivity index (χ1n) is 5.35. The number of hydrogen-bond acceptors (Lipinski definition) is 2. The topological polar surface area (TPSA) is 32.3 Å². The van der Waals surface area contributed by atoms with E-state index in [2.05, 4.69) is 5.32 Å². The minimum Gasteiger partial charge on any atom is -0.341 e. The number of nitrogens with one attached hydrogen (secondary N) is 1. The van der Waals surface area contributed by atoms with Crippen LogP contribution in [-0.2, 0) is 4.79 Å². The van der Waals surface area contributed by atoms with E-state index in [1.807, 2.05) is 14.0 Å². The minimum atomic E-state index is 0.0971. The molecule has 1 fully saturated rings. The predicted molar refractivity (Wildman–Crippen MR) is 58.1 cm³/mol. The zero-order chi connectivity index (χ0) is 10.4. The van der Waals surface area contributed by atoms with Crippen molar-refractivity contribution in [1.82, 2.24) is 10.2 Å². The van der Waals surface area contributed by atoms with E-state index >= 15 is 0 Å². The summed E-state index contributed by atoms with van der Waals surface area (Å²) in [6.45, 7) is 3.78. The van der Waals surface area contributed by atoms with Gasteiger partial charge >= 0.3 is 0 Å². The Hall–Kier alpha value is -0.830. The number of rotatable bonds is 3. The molecule has 1 aliphatic heterocycles. The van der Waals surface area contributed by atoms with E-state index in [0.717, 1.165) is 13.1 Å². The molecule has 1 N–H and O–H groups in total. The molecule has 0 aromatic rings. The number of piperidine rings is 1. The van der Waals surface area contributed by atoms with Gasteiger partial charge in [-0.25, -0.2) is 0 Å². The van der Waals surface area contributed by atoms with Crippen LogP contribution in [0.15, 0.2) is 12.2 Å². The molecule has 80 valence electrons. The summed E-state index contributed by atoms with van der Waals surface area (Å²) in [7, 11) is 1.86. The molecule has 14 heavy (non-hydrogen) atoms. The molecule has 1 rings (SSSR count). The number of nitrogens with zero attached hydrogens (tertiary/aromatic N) is 1. The largest absolute Gasteiger partial charge is 0.341 e. The van der Waals surface area contributed by atoms with Crippen LogP contribution in [0.4, 0.5) is 0 Å². The average molecular weight is 196 g/mol. The van der Waals surface area contributed by atoms with E-state index in [4.69, 9.17) is 0 Å². The summed E-state index contributed by atoms with van der Waals surface area (Å²) in [5, 5.41) is 3.43. The van der Waals surface area contributed by atoms with Crippen LogP contribution in [0.2, 0.25) is 0 Å². The standard InChI is InChI=1S/C11H20N2O/c1-3-6-11(14)13(2)9-10-7-4-5-8-12-10/h3,6,10,12H,4-5,7-9H2,1-2H3/b6-3+. The van der Waals surface area contributed by atoms with Gasteiger partial charge in [0.25, 0.3) is 0 Å². The van der Waals surface area contributed by atoms with Gasteiger partial charge in [0.2, 0.25) is 5.91 Å². The first-order valence-corrected chi connectivity index (χ1v) is 5.35. The van der Waals surface area contributed by atoms with Crippen molar-refractivity contribution >= 4 is 5.91 Å². The normalized spacial score (nSPS) is 22.6. The first kappa shape index (κ1) is 11.2. The summed E-state index contributed by atoms with van der Waals surface area (Å²) in [4.78, 5) is 13.2. The lowest BCUT2D eigenvalue weighted by Gasteiger charge is -2.27. The van der Waals surface area contributed by atoms with Crippen LogP contribution in [-0.4, -0.2) is 37.0 Å². The van der Waals surface area contributed by atoms with Crippen molar-refractivity contribution in [2.45, 2.75) is 32.2 Å². The first-order chi connectivity index (χ1) is 6.74. The molecule has 0 spiro atoms. The third kappa shape index (κ3) is 3.50. The molecule has 1 heterocycles. The molecule has 1 unspecified atom stereocenters. The van der Waals surface area contributed by atoms with Gasteiger partial charge < -0.3 is 10.2 Å². The summed E-state index contributed by atoms with van der Waals surface area (Å²) < 4.78 is 0. The molecular weight excluding hydrogens is 176 g/mol. The lowest BCUT2D eigenvalue weighted by atomic mass is 10.0. The van der Waals surface area contributed by atoms with E-state index in [1.54, 1.807) is 17.1 Å². The predicted octanol–water partition coefficient (Wildman–Crippen LogP) is 1.16. The fraction of sp³-hybridized carbons (Fsp3) is 0.727. The van der Waals surface area contributed by atoms with Crippen LogP contribution in [0.5, 0.6) is 0 Å². The summed E-state index contributed by atoms with van der Waals surface area (Å²) >= 11 is 0. The van der Waals surface area contributed by atoms with Crippen molar-refractivity contribution in [2.24, 2.45) is 0 Å². The Morgan fingerprint density at radius 3 is 2.93 bits per heavy atom. The molecule has 0 aromatic heterocycles. The van der Waals surface area contributed by atoms with Gasteiger partial charge in [-0.15, -0.1) is 0 Å². The van der Waals surface area contributed by atoms with Crippen molar-refractivity contribution in [3.63, 3.8) is 0 Å². The molecule has 3 nitrogen and oxygen atoms in total. The Morgan fingerprint density at radius 1 is 1.57 bits per heavy atom. The monoisotopic (exact) mass is 196 g/mol. The van der Waals surface area contributed by atoms with Crippen molar-refractivity contribution in [3.05, 3.63) is 12.2 Å². The quantitative estimate of drug-likeness (QED) is 0.687. The van der Waals surface area contributed by atoms with Gasteiger partial charge in [-0.3, -0.25) is 4.79 Å². The van der Waals surface area contributed by atoms with Crippen LogP contribution in [0.1, 0.15) is 26.2 Å². The lowest BCUT2D eigenvalue weighted by molar-refractivity contribution is -0.125. The highest BCUT2D eigenvalue weighted by Crippen LogP contribution is 2.07. The number of likely N-dealkylation sites (N-methyl/N-ethyl adjacent to an activating group) is 1. The Kier molecular flexibility index (Phi) is 4.66. The van der Waals surface area contributed by atoms with Gasteiger partial charge in [0.15, 0.2) is 0 Å². The third-order valence-corrected chi connectivity index (χ3v) is 2.59. The van der Waals surface area contributed by atoms with Crippen molar-refractivity contribution < 1.29 is 4.79 Å². The van der Waals surface area contributed by atoms with E-state index < -0.39 is 0 Å². The maximum atomic E-state index is 11.4. The number of allylic oxidation sites excluding steroid dienone is 1. The molecule has 1 aliphatic rings. The van der Waals surface area contributed by atoms with Crippen LogP contribution in [0.3, 0.4) is 0 Å². The van der Waals surface area contributed by atoms with Gasteiger partial charge in [0.1, 0.15) is 0 Å². The fourth-order valence-corrected chi connectivity index (χ4v) is 1.77. The van der Waals surface area contributed by atoms with Crippen LogP contribution >= 0.6 is 0 Å². The average Bonchev–Trinajstić information content (AvgIpc) is 2.19. The Labute approximate surface area is 86.2 Å². The van der Waals surface area contributed by atoms with Crippen LogP contribution in [0.25, 0.3) is 0 Å². The summed E-state index contributed by atoms with van der Waals surface area (Å²) in [5.74, 6) is 0.0971. The maximum absolute atomic E-state index is 11.4. The Morgan fingerprint density at radius 2 is 2.36 bits per heavy atom. The number of hydrogen-bond donors (Lipinski definition) is 1. The second kappa shape index (κ2) is 5.81. The zero-order valence-electron chi connectivity index (χ0n) is 9.12. The molecule has 1 saturated heterocycles. The number of amides is 1. The highest BCUT2D eigenvalue weighted by Gasteiger charge is 2.15. The Bertz CT molecular complexity index is 207.